The summed E-state index contributed by atoms with van der Waals surface area (Å²) in [6, 6.07) is 5.89. The number of rotatable bonds is 5. The normalized spacial score (nSPS) is 15.4. The summed E-state index contributed by atoms with van der Waals surface area (Å²) in [7, 11) is -3.06. The first-order chi connectivity index (χ1) is 8.29. The van der Waals surface area contributed by atoms with E-state index in [1.807, 2.05) is 39.0 Å². The number of nitrogens with one attached hydrogen (secondary N) is 1. The van der Waals surface area contributed by atoms with Gasteiger partial charge < -0.3 is 5.32 Å². The van der Waals surface area contributed by atoms with Gasteiger partial charge in [0.2, 0.25) is 0 Å². The van der Waals surface area contributed by atoms with Crippen LogP contribution in [0.5, 0.6) is 0 Å². The zero-order valence-corrected chi connectivity index (χ0v) is 12.6. The molecule has 1 aromatic carbocycles. The van der Waals surface area contributed by atoms with Crippen LogP contribution in [0.25, 0.3) is 0 Å². The van der Waals surface area contributed by atoms with Crippen molar-refractivity contribution in [2.75, 3.05) is 12.8 Å². The maximum absolute atomic E-state index is 11.8. The molecule has 1 N–H and O–H groups in total. The van der Waals surface area contributed by atoms with Gasteiger partial charge in [0.1, 0.15) is 0 Å². The van der Waals surface area contributed by atoms with Crippen molar-refractivity contribution in [2.45, 2.75) is 39.0 Å². The molecule has 0 spiro atoms. The fourth-order valence-electron chi connectivity index (χ4n) is 2.11. The van der Waals surface area contributed by atoms with E-state index in [-0.39, 0.29) is 6.04 Å². The van der Waals surface area contributed by atoms with Crippen molar-refractivity contribution in [2.24, 2.45) is 0 Å². The zero-order valence-electron chi connectivity index (χ0n) is 11.8. The van der Waals surface area contributed by atoms with Crippen LogP contribution in [0.1, 0.15) is 36.6 Å². The Kier molecular flexibility index (Phi) is 4.93. The Morgan fingerprint density at radius 1 is 1.28 bits per heavy atom. The van der Waals surface area contributed by atoms with E-state index in [0.717, 1.165) is 12.1 Å². The van der Waals surface area contributed by atoms with Gasteiger partial charge in [-0.05, 0) is 44.0 Å². The van der Waals surface area contributed by atoms with Crippen molar-refractivity contribution in [3.63, 3.8) is 0 Å². The predicted molar refractivity (Wildman–Crippen MR) is 76.6 cm³/mol. The van der Waals surface area contributed by atoms with Gasteiger partial charge >= 0.3 is 0 Å². The average molecular weight is 269 g/mol. The minimum Gasteiger partial charge on any atom is -0.309 e. The highest BCUT2D eigenvalue weighted by Crippen LogP contribution is 2.26. The van der Waals surface area contributed by atoms with Gasteiger partial charge in [-0.3, -0.25) is 0 Å². The van der Waals surface area contributed by atoms with Gasteiger partial charge in [-0.2, -0.15) is 0 Å². The molecule has 0 bridgehead atoms. The molecule has 0 aromatic heterocycles. The van der Waals surface area contributed by atoms with Gasteiger partial charge in [-0.15, -0.1) is 0 Å². The van der Waals surface area contributed by atoms with Crippen LogP contribution in [0, 0.1) is 13.8 Å². The summed E-state index contributed by atoms with van der Waals surface area (Å²) in [4.78, 5) is 0. The lowest BCUT2D eigenvalue weighted by Gasteiger charge is -2.26. The summed E-state index contributed by atoms with van der Waals surface area (Å²) in [6.45, 7) is 8.60. The molecular weight excluding hydrogens is 246 g/mol. The Morgan fingerprint density at radius 2 is 1.89 bits per heavy atom. The summed E-state index contributed by atoms with van der Waals surface area (Å²) >= 11 is 0. The highest BCUT2D eigenvalue weighted by molar-refractivity contribution is 7.91. The van der Waals surface area contributed by atoms with Crippen LogP contribution in [-0.4, -0.2) is 26.5 Å². The third-order valence-corrected chi connectivity index (χ3v) is 5.17. The molecule has 2 unspecified atom stereocenters. The summed E-state index contributed by atoms with van der Waals surface area (Å²) in [5.41, 5.74) is 3.44. The Balaban J connectivity index is 3.24. The molecule has 0 heterocycles. The number of sulfone groups is 1. The van der Waals surface area contributed by atoms with E-state index in [0.29, 0.717) is 0 Å². The molecule has 102 valence electrons. The maximum atomic E-state index is 11.8. The van der Waals surface area contributed by atoms with Gasteiger partial charge in [-0.25, -0.2) is 8.42 Å². The highest BCUT2D eigenvalue weighted by Gasteiger charge is 2.27. The van der Waals surface area contributed by atoms with Gasteiger partial charge in [0, 0.05) is 12.3 Å². The number of benzene rings is 1. The van der Waals surface area contributed by atoms with Crippen LogP contribution < -0.4 is 5.32 Å². The van der Waals surface area contributed by atoms with Crippen molar-refractivity contribution in [1.82, 2.24) is 5.32 Å². The molecule has 1 aromatic rings. The van der Waals surface area contributed by atoms with Gasteiger partial charge in [0.05, 0.1) is 5.25 Å². The number of hydrogen-bond donors (Lipinski definition) is 1. The van der Waals surface area contributed by atoms with Crippen molar-refractivity contribution >= 4 is 9.84 Å². The Bertz CT molecular complexity index is 509. The Morgan fingerprint density at radius 3 is 2.39 bits per heavy atom. The van der Waals surface area contributed by atoms with Crippen molar-refractivity contribution < 1.29 is 8.42 Å². The fourth-order valence-corrected chi connectivity index (χ4v) is 2.84. The topological polar surface area (TPSA) is 46.2 Å². The minimum atomic E-state index is -3.06. The molecule has 0 aliphatic carbocycles. The van der Waals surface area contributed by atoms with Gasteiger partial charge in [-0.1, -0.05) is 25.1 Å². The SMILES string of the molecule is CCNC(c1cccc(C)c1C)C(C)S(C)(=O)=O. The average Bonchev–Trinajstić information content (AvgIpc) is 2.28. The molecular formula is C14H23NO2S. The van der Waals surface area contributed by atoms with Crippen LogP contribution in [-0.2, 0) is 9.84 Å². The Hall–Kier alpha value is -0.870. The van der Waals surface area contributed by atoms with E-state index >= 15 is 0 Å². The number of hydrogen-bond acceptors (Lipinski definition) is 3. The van der Waals surface area contributed by atoms with E-state index in [4.69, 9.17) is 0 Å². The summed E-state index contributed by atoms with van der Waals surface area (Å²) < 4.78 is 23.6. The third kappa shape index (κ3) is 3.33. The molecule has 0 saturated heterocycles. The van der Waals surface area contributed by atoms with E-state index in [1.54, 1.807) is 6.92 Å². The minimum absolute atomic E-state index is 0.148. The van der Waals surface area contributed by atoms with E-state index in [1.165, 1.54) is 17.4 Å². The Labute approximate surface area is 111 Å². The molecule has 0 fully saturated rings. The zero-order chi connectivity index (χ0) is 13.9. The lowest BCUT2D eigenvalue weighted by atomic mass is 9.96. The molecule has 0 aliphatic heterocycles. The maximum Gasteiger partial charge on any atom is 0.151 e. The molecule has 2 atom stereocenters. The third-order valence-electron chi connectivity index (χ3n) is 3.55. The number of aryl methyl sites for hydroxylation is 1. The second-order valence-electron chi connectivity index (χ2n) is 4.86. The molecule has 0 amide bonds. The van der Waals surface area contributed by atoms with E-state index < -0.39 is 15.1 Å². The molecule has 0 radical (unpaired) electrons. The fraction of sp³-hybridized carbons (Fsp3) is 0.571. The molecule has 0 aliphatic rings. The summed E-state index contributed by atoms with van der Waals surface area (Å²) in [5.74, 6) is 0. The first kappa shape index (κ1) is 15.2. The molecule has 4 heteroatoms. The van der Waals surface area contributed by atoms with Crippen molar-refractivity contribution in [1.29, 1.82) is 0 Å². The lowest BCUT2D eigenvalue weighted by Crippen LogP contribution is -2.35. The highest BCUT2D eigenvalue weighted by atomic mass is 32.2. The molecule has 18 heavy (non-hydrogen) atoms. The van der Waals surface area contributed by atoms with E-state index in [2.05, 4.69) is 5.32 Å². The first-order valence-corrected chi connectivity index (χ1v) is 8.22. The van der Waals surface area contributed by atoms with Gasteiger partial charge in [0.25, 0.3) is 0 Å². The largest absolute Gasteiger partial charge is 0.309 e. The predicted octanol–water partition coefficient (Wildman–Crippen LogP) is 2.39. The molecule has 1 rings (SSSR count). The van der Waals surface area contributed by atoms with Gasteiger partial charge in [0.15, 0.2) is 9.84 Å². The summed E-state index contributed by atoms with van der Waals surface area (Å²) in [5, 5.41) is 2.86. The molecule has 3 nitrogen and oxygen atoms in total. The lowest BCUT2D eigenvalue weighted by molar-refractivity contribution is 0.511. The van der Waals surface area contributed by atoms with Crippen molar-refractivity contribution in [3.8, 4) is 0 Å². The van der Waals surface area contributed by atoms with E-state index in [9.17, 15) is 8.42 Å². The van der Waals surface area contributed by atoms with Crippen LogP contribution in [0.2, 0.25) is 0 Å². The van der Waals surface area contributed by atoms with Crippen LogP contribution >= 0.6 is 0 Å². The first-order valence-electron chi connectivity index (χ1n) is 6.27. The van der Waals surface area contributed by atoms with Crippen molar-refractivity contribution in [3.05, 3.63) is 34.9 Å². The standard InChI is InChI=1S/C14H23NO2S/c1-6-15-14(12(4)18(5,16)17)13-9-7-8-10(2)11(13)3/h7-9,12,14-15H,6H2,1-5H3. The van der Waals surface area contributed by atoms with Crippen LogP contribution in [0.3, 0.4) is 0 Å². The summed E-state index contributed by atoms with van der Waals surface area (Å²) in [6.07, 6.45) is 1.30. The van der Waals surface area contributed by atoms with Crippen LogP contribution in [0.15, 0.2) is 18.2 Å². The monoisotopic (exact) mass is 269 g/mol. The smallest absolute Gasteiger partial charge is 0.151 e. The molecule has 0 saturated carbocycles. The quantitative estimate of drug-likeness (QED) is 0.892. The second-order valence-corrected chi connectivity index (χ2v) is 7.26. The second kappa shape index (κ2) is 5.85. The van der Waals surface area contributed by atoms with Crippen LogP contribution in [0.4, 0.5) is 0 Å².